The van der Waals surface area contributed by atoms with Gasteiger partial charge in [-0.2, -0.15) is 0 Å². The topological polar surface area (TPSA) is 21.3 Å². The zero-order valence-corrected chi connectivity index (χ0v) is 14.5. The lowest BCUT2D eigenvalue weighted by Gasteiger charge is -2.25. The van der Waals surface area contributed by atoms with Gasteiger partial charge in [0.2, 0.25) is 0 Å². The highest BCUT2D eigenvalue weighted by Gasteiger charge is 2.22. The second-order valence-electron chi connectivity index (χ2n) is 5.57. The van der Waals surface area contributed by atoms with Gasteiger partial charge in [0.05, 0.1) is 12.1 Å². The van der Waals surface area contributed by atoms with E-state index in [0.29, 0.717) is 5.02 Å². The molecule has 0 unspecified atom stereocenters. The molecule has 1 N–H and O–H groups in total. The fourth-order valence-corrected chi connectivity index (χ4v) is 4.26. The lowest BCUT2D eigenvalue weighted by Crippen LogP contribution is -2.27. The fraction of sp³-hybridized carbons (Fsp3) is 0.333. The van der Waals surface area contributed by atoms with Crippen molar-refractivity contribution >= 4 is 23.4 Å². The van der Waals surface area contributed by atoms with Gasteiger partial charge < -0.3 is 10.1 Å². The number of rotatable bonds is 4. The molecule has 2 aromatic carbocycles. The van der Waals surface area contributed by atoms with Gasteiger partial charge in [0.25, 0.3) is 0 Å². The molecule has 122 valence electrons. The van der Waals surface area contributed by atoms with Crippen LogP contribution in [0.2, 0.25) is 5.02 Å². The van der Waals surface area contributed by atoms with Gasteiger partial charge in [-0.15, -0.1) is 0 Å². The quantitative estimate of drug-likeness (QED) is 0.827. The molecule has 5 heteroatoms. The Morgan fingerprint density at radius 3 is 2.65 bits per heavy atom. The van der Waals surface area contributed by atoms with Crippen LogP contribution < -0.4 is 10.1 Å². The largest absolute Gasteiger partial charge is 0.497 e. The van der Waals surface area contributed by atoms with Crippen molar-refractivity contribution < 1.29 is 9.13 Å². The first-order valence-electron chi connectivity index (χ1n) is 7.69. The molecule has 3 rings (SSSR count). The van der Waals surface area contributed by atoms with Crippen LogP contribution >= 0.6 is 23.4 Å². The maximum Gasteiger partial charge on any atom is 0.127 e. The number of nitrogens with one attached hydrogen (secondary N) is 1. The molecule has 23 heavy (non-hydrogen) atoms. The van der Waals surface area contributed by atoms with E-state index in [0.717, 1.165) is 47.0 Å². The summed E-state index contributed by atoms with van der Waals surface area (Å²) in [6, 6.07) is 10.9. The van der Waals surface area contributed by atoms with Crippen molar-refractivity contribution in [3.8, 4) is 5.75 Å². The molecule has 0 radical (unpaired) electrons. The molecule has 1 aliphatic rings. The zero-order chi connectivity index (χ0) is 16.2. The first-order valence-corrected chi connectivity index (χ1v) is 8.89. The van der Waals surface area contributed by atoms with Gasteiger partial charge >= 0.3 is 0 Å². The molecular weight excluding hydrogens is 333 g/mol. The third kappa shape index (κ3) is 3.82. The highest BCUT2D eigenvalue weighted by Crippen LogP contribution is 2.41. The molecule has 1 aliphatic heterocycles. The summed E-state index contributed by atoms with van der Waals surface area (Å²) < 4.78 is 19.6. The van der Waals surface area contributed by atoms with E-state index in [-0.39, 0.29) is 11.7 Å². The zero-order valence-electron chi connectivity index (χ0n) is 12.9. The Kier molecular flexibility index (Phi) is 5.46. The minimum Gasteiger partial charge on any atom is -0.497 e. The van der Waals surface area contributed by atoms with Crippen LogP contribution in [-0.4, -0.2) is 20.2 Å². The van der Waals surface area contributed by atoms with Crippen molar-refractivity contribution in [3.05, 3.63) is 52.8 Å². The molecule has 1 heterocycles. The number of hydrogen-bond donors (Lipinski definition) is 1. The third-order valence-corrected chi connectivity index (χ3v) is 5.70. The smallest absolute Gasteiger partial charge is 0.127 e. The lowest BCUT2D eigenvalue weighted by molar-refractivity contribution is 0.414. The maximum absolute atomic E-state index is 14.5. The van der Waals surface area contributed by atoms with Crippen LogP contribution in [0.15, 0.2) is 46.2 Å². The number of halogens is 2. The predicted octanol–water partition coefficient (Wildman–Crippen LogP) is 5.11. The van der Waals surface area contributed by atoms with Crippen molar-refractivity contribution in [1.82, 2.24) is 5.32 Å². The van der Waals surface area contributed by atoms with Gasteiger partial charge in [-0.05, 0) is 62.2 Å². The van der Waals surface area contributed by atoms with E-state index in [4.69, 9.17) is 16.3 Å². The predicted molar refractivity (Wildman–Crippen MR) is 93.4 cm³/mol. The highest BCUT2D eigenvalue weighted by atomic mass is 35.5. The summed E-state index contributed by atoms with van der Waals surface area (Å²) in [6.45, 7) is 1.87. The van der Waals surface area contributed by atoms with E-state index in [9.17, 15) is 4.39 Å². The molecule has 0 bridgehead atoms. The number of hydrogen-bond acceptors (Lipinski definition) is 3. The Hall–Kier alpha value is -1.23. The molecule has 0 saturated carbocycles. The molecule has 1 fully saturated rings. The Morgan fingerprint density at radius 1 is 1.17 bits per heavy atom. The van der Waals surface area contributed by atoms with Crippen LogP contribution in [0.4, 0.5) is 4.39 Å². The van der Waals surface area contributed by atoms with E-state index < -0.39 is 0 Å². The molecule has 0 aliphatic carbocycles. The van der Waals surface area contributed by atoms with Crippen LogP contribution in [0.5, 0.6) is 5.75 Å². The second-order valence-corrected chi connectivity index (χ2v) is 7.07. The summed E-state index contributed by atoms with van der Waals surface area (Å²) in [6.07, 6.45) is 1.93. The third-order valence-electron chi connectivity index (χ3n) is 4.12. The molecule has 2 nitrogen and oxygen atoms in total. The fourth-order valence-electron chi connectivity index (χ4n) is 2.92. The number of piperidine rings is 1. The monoisotopic (exact) mass is 351 g/mol. The van der Waals surface area contributed by atoms with Gasteiger partial charge in [-0.1, -0.05) is 29.4 Å². The van der Waals surface area contributed by atoms with Gasteiger partial charge in [0, 0.05) is 15.4 Å². The summed E-state index contributed by atoms with van der Waals surface area (Å²) in [7, 11) is 1.61. The Bertz CT molecular complexity index is 689. The average Bonchev–Trinajstić information content (AvgIpc) is 2.57. The number of benzene rings is 2. The van der Waals surface area contributed by atoms with Crippen LogP contribution in [0.1, 0.15) is 24.3 Å². The Labute approximate surface area is 145 Å². The first-order chi connectivity index (χ1) is 11.2. The van der Waals surface area contributed by atoms with E-state index in [2.05, 4.69) is 5.32 Å². The first kappa shape index (κ1) is 16.6. The second kappa shape index (κ2) is 7.56. The Balaban J connectivity index is 1.92. The summed E-state index contributed by atoms with van der Waals surface area (Å²) in [5.74, 6) is 0.862. The van der Waals surface area contributed by atoms with Crippen molar-refractivity contribution in [3.63, 3.8) is 0 Å². The normalized spacial score (nSPS) is 15.6. The molecule has 1 saturated heterocycles. The van der Waals surface area contributed by atoms with Gasteiger partial charge in [-0.25, -0.2) is 4.39 Å². The molecule has 0 spiro atoms. The highest BCUT2D eigenvalue weighted by molar-refractivity contribution is 7.99. The standard InChI is InChI=1S/C18H19ClFNOS/c1-22-13-5-6-16(14(19)11-13)23-17-4-2-3-15(20)18(17)12-7-9-21-10-8-12/h2-6,11-12,21H,7-10H2,1H3. The van der Waals surface area contributed by atoms with Crippen LogP contribution in [-0.2, 0) is 0 Å². The number of methoxy groups -OCH3 is 1. The SMILES string of the molecule is COc1ccc(Sc2cccc(F)c2C2CCNCC2)c(Cl)c1. The minimum atomic E-state index is -0.119. The molecule has 2 aromatic rings. The summed E-state index contributed by atoms with van der Waals surface area (Å²) >= 11 is 7.85. The van der Waals surface area contributed by atoms with Gasteiger partial charge in [-0.3, -0.25) is 0 Å². The number of ether oxygens (including phenoxy) is 1. The van der Waals surface area contributed by atoms with Gasteiger partial charge in [0.1, 0.15) is 11.6 Å². The van der Waals surface area contributed by atoms with Crippen molar-refractivity contribution in [2.75, 3.05) is 20.2 Å². The molecular formula is C18H19ClFNOS. The van der Waals surface area contributed by atoms with E-state index in [1.807, 2.05) is 18.2 Å². The minimum absolute atomic E-state index is 0.119. The van der Waals surface area contributed by atoms with Crippen LogP contribution in [0, 0.1) is 5.82 Å². The molecule has 0 atom stereocenters. The molecule has 0 amide bonds. The van der Waals surface area contributed by atoms with Crippen LogP contribution in [0.3, 0.4) is 0 Å². The van der Waals surface area contributed by atoms with E-state index >= 15 is 0 Å². The van der Waals surface area contributed by atoms with Crippen molar-refractivity contribution in [1.29, 1.82) is 0 Å². The summed E-state index contributed by atoms with van der Waals surface area (Å²) in [5.41, 5.74) is 0.825. The van der Waals surface area contributed by atoms with Crippen LogP contribution in [0.25, 0.3) is 0 Å². The summed E-state index contributed by atoms with van der Waals surface area (Å²) in [4.78, 5) is 1.86. The van der Waals surface area contributed by atoms with E-state index in [1.165, 1.54) is 11.8 Å². The Morgan fingerprint density at radius 2 is 1.96 bits per heavy atom. The lowest BCUT2D eigenvalue weighted by atomic mass is 9.90. The average molecular weight is 352 g/mol. The van der Waals surface area contributed by atoms with Crippen molar-refractivity contribution in [2.45, 2.75) is 28.6 Å². The van der Waals surface area contributed by atoms with Crippen molar-refractivity contribution in [2.24, 2.45) is 0 Å². The van der Waals surface area contributed by atoms with E-state index in [1.54, 1.807) is 25.3 Å². The maximum atomic E-state index is 14.5. The molecule has 0 aromatic heterocycles. The summed E-state index contributed by atoms with van der Waals surface area (Å²) in [5, 5.41) is 3.95. The van der Waals surface area contributed by atoms with Gasteiger partial charge in [0.15, 0.2) is 0 Å².